The van der Waals surface area contributed by atoms with E-state index in [4.69, 9.17) is 0 Å². The van der Waals surface area contributed by atoms with Gasteiger partial charge in [-0.3, -0.25) is 28.8 Å². The number of rotatable bonds is 4. The van der Waals surface area contributed by atoms with Gasteiger partial charge in [-0.1, -0.05) is 75.5 Å². The first-order chi connectivity index (χ1) is 26.3. The number of carbonyl (C=O) groups is 6. The number of benzene rings is 1. The number of thioether (sulfide) groups is 1. The molecule has 1 aliphatic carbocycles. The van der Waals surface area contributed by atoms with Gasteiger partial charge < -0.3 is 31.1 Å². The number of aliphatic hydroxyl groups is 3. The number of ketones is 4. The Kier molecular flexibility index (Phi) is 16.9. The SMILES string of the molecule is CC(=O)NCCSC1=C2NC(=O)C=CC=CC=CC(C)C(O)CC(=O)C(C)=CCC(O)C=CC(C)C(O)C(C)C=C(C)C(=O)c3c(O)c(C)cc(c3C1=O)C2=O. The zero-order valence-corrected chi connectivity index (χ0v) is 33.6. The third-order valence-electron chi connectivity index (χ3n) is 9.51. The van der Waals surface area contributed by atoms with Gasteiger partial charge in [0.25, 0.3) is 0 Å². The van der Waals surface area contributed by atoms with E-state index in [1.165, 1.54) is 51.1 Å². The van der Waals surface area contributed by atoms with E-state index in [2.05, 4.69) is 10.6 Å². The van der Waals surface area contributed by atoms with Crippen LogP contribution in [0, 0.1) is 24.7 Å². The van der Waals surface area contributed by atoms with Crippen LogP contribution in [0.25, 0.3) is 0 Å². The third-order valence-corrected chi connectivity index (χ3v) is 10.6. The average molecular weight is 789 g/mol. The van der Waals surface area contributed by atoms with E-state index >= 15 is 0 Å². The predicted octanol–water partition coefficient (Wildman–Crippen LogP) is 4.93. The lowest BCUT2D eigenvalue weighted by molar-refractivity contribution is -0.119. The van der Waals surface area contributed by atoms with Crippen molar-refractivity contribution < 1.29 is 49.2 Å². The summed E-state index contributed by atoms with van der Waals surface area (Å²) in [7, 11) is 0. The fraction of sp³-hybridized carbons (Fsp3) is 0.395. The van der Waals surface area contributed by atoms with Gasteiger partial charge in [0.05, 0.1) is 28.8 Å². The van der Waals surface area contributed by atoms with Crippen LogP contribution in [0.5, 0.6) is 5.75 Å². The Morgan fingerprint density at radius 3 is 2.20 bits per heavy atom. The first-order valence-corrected chi connectivity index (χ1v) is 19.4. The highest BCUT2D eigenvalue weighted by Crippen LogP contribution is 2.39. The number of allylic oxidation sites excluding steroid dienone is 8. The Bertz CT molecular complexity index is 1950. The monoisotopic (exact) mass is 788 g/mol. The van der Waals surface area contributed by atoms with Gasteiger partial charge in [0.15, 0.2) is 11.6 Å². The van der Waals surface area contributed by atoms with E-state index in [1.54, 1.807) is 58.1 Å². The van der Waals surface area contributed by atoms with Crippen molar-refractivity contribution in [1.29, 1.82) is 0 Å². The van der Waals surface area contributed by atoms with Crippen LogP contribution >= 0.6 is 11.8 Å². The molecule has 2 amide bonds. The number of phenolic OH excluding ortho intramolecular Hbond substituents is 1. The molecule has 3 aliphatic rings. The van der Waals surface area contributed by atoms with E-state index in [1.807, 2.05) is 0 Å². The number of hydrogen-bond donors (Lipinski definition) is 6. The van der Waals surface area contributed by atoms with E-state index in [-0.39, 0.29) is 75.3 Å². The summed E-state index contributed by atoms with van der Waals surface area (Å²) in [6, 6.07) is 1.29. The van der Waals surface area contributed by atoms with Gasteiger partial charge in [-0.15, -0.1) is 11.8 Å². The molecular weight excluding hydrogens is 737 g/mol. The normalized spacial score (nSPS) is 25.0. The number of fused-ring (bicyclic) bond motifs is 18. The molecule has 13 heteroatoms. The topological polar surface area (TPSA) is 207 Å². The van der Waals surface area contributed by atoms with Gasteiger partial charge in [0.1, 0.15) is 11.4 Å². The zero-order chi connectivity index (χ0) is 41.9. The average Bonchev–Trinajstić information content (AvgIpc) is 3.14. The Balaban J connectivity index is 2.13. The van der Waals surface area contributed by atoms with E-state index in [0.717, 1.165) is 17.8 Å². The molecule has 0 aromatic heterocycles. The van der Waals surface area contributed by atoms with Gasteiger partial charge in [-0.2, -0.15) is 0 Å². The largest absolute Gasteiger partial charge is 0.507 e. The van der Waals surface area contributed by atoms with Crippen LogP contribution in [0.2, 0.25) is 0 Å². The Labute approximate surface area is 331 Å². The fourth-order valence-electron chi connectivity index (χ4n) is 6.03. The first kappa shape index (κ1) is 45.4. The summed E-state index contributed by atoms with van der Waals surface area (Å²) in [5.74, 6) is -5.48. The third kappa shape index (κ3) is 12.0. The van der Waals surface area contributed by atoms with Crippen molar-refractivity contribution in [2.24, 2.45) is 17.8 Å². The second kappa shape index (κ2) is 20.8. The van der Waals surface area contributed by atoms with Crippen molar-refractivity contribution in [1.82, 2.24) is 10.6 Å². The standard InChI is InChI=1S/C43H52N2O10S/c1-23-12-10-8-9-11-13-34(50)45-37-41(54)31-21-28(6)40(53)36(35(31)42(55)43(37)56-19-18-44-29(7)46)39(52)27(5)20-26(4)38(51)25(3)15-17-30(47)16-14-24(2)33(49)22-32(23)48/h8-15,17,20-21,23,25-26,30,32,38,47-48,51,53H,16,18-19,22H2,1-7H3,(H,44,46)(H,45,50). The molecule has 0 saturated heterocycles. The molecular formula is C43H52N2O10S. The van der Waals surface area contributed by atoms with Gasteiger partial charge in [0.2, 0.25) is 23.4 Å². The lowest BCUT2D eigenvalue weighted by atomic mass is 9.83. The van der Waals surface area contributed by atoms with Crippen LogP contribution in [-0.4, -0.2) is 86.0 Å². The molecule has 6 N–H and O–H groups in total. The predicted molar refractivity (Wildman–Crippen MR) is 216 cm³/mol. The van der Waals surface area contributed by atoms with E-state index in [9.17, 15) is 49.2 Å². The van der Waals surface area contributed by atoms with Gasteiger partial charge in [0, 0.05) is 60.6 Å². The van der Waals surface area contributed by atoms with Crippen molar-refractivity contribution in [3.63, 3.8) is 0 Å². The molecule has 1 aromatic carbocycles. The number of hydrogen-bond acceptors (Lipinski definition) is 11. The quantitative estimate of drug-likeness (QED) is 0.178. The summed E-state index contributed by atoms with van der Waals surface area (Å²) >= 11 is 0.900. The maximum absolute atomic E-state index is 14.3. The summed E-state index contributed by atoms with van der Waals surface area (Å²) in [5, 5.41) is 48.7. The molecule has 2 aliphatic heterocycles. The van der Waals surface area contributed by atoms with Crippen molar-refractivity contribution in [3.05, 3.63) is 111 Å². The van der Waals surface area contributed by atoms with E-state index in [0.29, 0.717) is 5.57 Å². The lowest BCUT2D eigenvalue weighted by Gasteiger charge is -2.24. The minimum absolute atomic E-state index is 0.0841. The number of aliphatic hydroxyl groups excluding tert-OH is 3. The minimum atomic E-state index is -1.03. The fourth-order valence-corrected chi connectivity index (χ4v) is 6.96. The summed E-state index contributed by atoms with van der Waals surface area (Å²) in [4.78, 5) is 79.6. The molecule has 4 bridgehead atoms. The second-order valence-corrected chi connectivity index (χ2v) is 15.3. The Morgan fingerprint density at radius 1 is 0.839 bits per heavy atom. The molecule has 0 saturated carbocycles. The number of carbonyl (C=O) groups excluding carboxylic acids is 6. The number of aryl methyl sites for hydroxylation is 1. The van der Waals surface area contributed by atoms with Gasteiger partial charge >= 0.3 is 0 Å². The van der Waals surface area contributed by atoms with Crippen molar-refractivity contribution in [3.8, 4) is 5.75 Å². The lowest BCUT2D eigenvalue weighted by Crippen LogP contribution is -2.34. The summed E-state index contributed by atoms with van der Waals surface area (Å²) in [6.45, 7) is 11.2. The molecule has 56 heavy (non-hydrogen) atoms. The van der Waals surface area contributed by atoms with Crippen LogP contribution in [0.4, 0.5) is 0 Å². The van der Waals surface area contributed by atoms with Gasteiger partial charge in [-0.25, -0.2) is 0 Å². The molecule has 0 fully saturated rings. The molecule has 6 atom stereocenters. The number of nitrogens with one attached hydrogen (secondary N) is 2. The maximum atomic E-state index is 14.3. The molecule has 4 rings (SSSR count). The van der Waals surface area contributed by atoms with Crippen LogP contribution in [-0.2, 0) is 14.4 Å². The van der Waals surface area contributed by atoms with Crippen LogP contribution in [0.3, 0.4) is 0 Å². The van der Waals surface area contributed by atoms with Crippen molar-refractivity contribution >= 4 is 46.7 Å². The van der Waals surface area contributed by atoms with Crippen LogP contribution < -0.4 is 10.6 Å². The molecule has 1 aromatic rings. The highest BCUT2D eigenvalue weighted by atomic mass is 32.2. The molecule has 0 spiro atoms. The maximum Gasteiger partial charge on any atom is 0.248 e. The molecule has 0 radical (unpaired) electrons. The summed E-state index contributed by atoms with van der Waals surface area (Å²) in [5.41, 5.74) is -0.600. The minimum Gasteiger partial charge on any atom is -0.507 e. The highest BCUT2D eigenvalue weighted by Gasteiger charge is 2.39. The number of Topliss-reactive ketones (excluding diaryl/α,β-unsaturated/α-hetero) is 4. The molecule has 2 heterocycles. The van der Waals surface area contributed by atoms with Crippen molar-refractivity contribution in [2.45, 2.75) is 79.6 Å². The number of phenols is 1. The Hall–Kier alpha value is -4.95. The summed E-state index contributed by atoms with van der Waals surface area (Å²) in [6.07, 6.45) is 12.3. The smallest absolute Gasteiger partial charge is 0.248 e. The molecule has 12 nitrogen and oxygen atoms in total. The molecule has 300 valence electrons. The number of amides is 2. The number of aromatic hydroxyl groups is 1. The van der Waals surface area contributed by atoms with Crippen LogP contribution in [0.1, 0.15) is 91.0 Å². The first-order valence-electron chi connectivity index (χ1n) is 18.4. The second-order valence-electron chi connectivity index (χ2n) is 14.2. The van der Waals surface area contributed by atoms with Crippen molar-refractivity contribution in [2.75, 3.05) is 12.3 Å². The van der Waals surface area contributed by atoms with Gasteiger partial charge in [-0.05, 0) is 50.0 Å². The van der Waals surface area contributed by atoms with E-state index < -0.39 is 65.1 Å². The zero-order valence-electron chi connectivity index (χ0n) is 32.8. The molecule has 6 unspecified atom stereocenters. The highest BCUT2D eigenvalue weighted by molar-refractivity contribution is 8.04. The van der Waals surface area contributed by atoms with Crippen LogP contribution in [0.15, 0.2) is 88.6 Å². The Morgan fingerprint density at radius 2 is 1.52 bits per heavy atom. The summed E-state index contributed by atoms with van der Waals surface area (Å²) < 4.78 is 0.